The van der Waals surface area contributed by atoms with E-state index in [1.165, 1.54) is 7.11 Å². The maximum Gasteiger partial charge on any atom is 0.172 e. The zero-order chi connectivity index (χ0) is 16.2. The predicted octanol–water partition coefficient (Wildman–Crippen LogP) is 3.34. The molecule has 116 valence electrons. The van der Waals surface area contributed by atoms with Gasteiger partial charge in [0.15, 0.2) is 23.6 Å². The molecule has 0 bridgehead atoms. The van der Waals surface area contributed by atoms with Crippen LogP contribution in [0.4, 0.5) is 0 Å². The number of rotatable bonds is 5. The van der Waals surface area contributed by atoms with Gasteiger partial charge in [-0.05, 0) is 25.1 Å². The van der Waals surface area contributed by atoms with Gasteiger partial charge in [-0.15, -0.1) is 0 Å². The summed E-state index contributed by atoms with van der Waals surface area (Å²) < 4.78 is 11.0. The van der Waals surface area contributed by atoms with Crippen molar-refractivity contribution in [2.24, 2.45) is 0 Å². The third-order valence-electron chi connectivity index (χ3n) is 3.54. The first-order valence-corrected chi connectivity index (χ1v) is 7.20. The molecule has 23 heavy (non-hydrogen) atoms. The summed E-state index contributed by atoms with van der Waals surface area (Å²) in [5.41, 5.74) is 2.20. The van der Waals surface area contributed by atoms with Gasteiger partial charge < -0.3 is 9.47 Å². The van der Waals surface area contributed by atoms with Gasteiger partial charge in [-0.3, -0.25) is 4.79 Å². The molecule has 3 aromatic rings. The van der Waals surface area contributed by atoms with Crippen molar-refractivity contribution in [3.8, 4) is 11.5 Å². The van der Waals surface area contributed by atoms with Gasteiger partial charge in [0.2, 0.25) is 0 Å². The highest BCUT2D eigenvalue weighted by Crippen LogP contribution is 2.30. The topological polar surface area (TPSA) is 61.3 Å². The van der Waals surface area contributed by atoms with E-state index in [4.69, 9.17) is 9.47 Å². The second kappa shape index (κ2) is 6.44. The van der Waals surface area contributed by atoms with Crippen LogP contribution in [0.25, 0.3) is 10.9 Å². The molecule has 5 heteroatoms. The van der Waals surface area contributed by atoms with E-state index in [0.717, 1.165) is 22.9 Å². The van der Waals surface area contributed by atoms with E-state index in [-0.39, 0.29) is 6.61 Å². The van der Waals surface area contributed by atoms with Crippen LogP contribution in [0.3, 0.4) is 0 Å². The number of fused-ring (bicyclic) bond motifs is 1. The Morgan fingerprint density at radius 1 is 1.09 bits per heavy atom. The smallest absolute Gasteiger partial charge is 0.172 e. The lowest BCUT2D eigenvalue weighted by molar-refractivity contribution is 0.111. The third kappa shape index (κ3) is 2.99. The highest BCUT2D eigenvalue weighted by Gasteiger charge is 2.12. The van der Waals surface area contributed by atoms with Crippen LogP contribution in [0.5, 0.6) is 11.5 Å². The Morgan fingerprint density at radius 2 is 1.91 bits per heavy atom. The number of carbonyl (C=O) groups is 1. The largest absolute Gasteiger partial charge is 0.493 e. The van der Waals surface area contributed by atoms with Crippen molar-refractivity contribution < 1.29 is 14.3 Å². The molecular weight excluding hydrogens is 292 g/mol. The van der Waals surface area contributed by atoms with Crippen LogP contribution in [-0.2, 0) is 6.61 Å². The molecule has 0 amide bonds. The van der Waals surface area contributed by atoms with E-state index < -0.39 is 0 Å². The molecule has 0 aliphatic heterocycles. The van der Waals surface area contributed by atoms with Crippen molar-refractivity contribution >= 4 is 17.2 Å². The van der Waals surface area contributed by atoms with Gasteiger partial charge in [0.25, 0.3) is 0 Å². The molecular formula is C18H16N2O3. The van der Waals surface area contributed by atoms with Gasteiger partial charge in [-0.25, -0.2) is 9.97 Å². The number of ether oxygens (including phenoxy) is 2. The Hall–Kier alpha value is -2.95. The number of aldehydes is 1. The van der Waals surface area contributed by atoms with Crippen LogP contribution in [0.1, 0.15) is 21.9 Å². The van der Waals surface area contributed by atoms with Crippen molar-refractivity contribution in [1.82, 2.24) is 9.97 Å². The Labute approximate surface area is 133 Å². The van der Waals surface area contributed by atoms with Crippen molar-refractivity contribution in [1.29, 1.82) is 0 Å². The number of hydrogen-bond donors (Lipinski definition) is 0. The summed E-state index contributed by atoms with van der Waals surface area (Å²) in [6.45, 7) is 2.10. The molecule has 0 saturated carbocycles. The van der Waals surface area contributed by atoms with Crippen LogP contribution in [0, 0.1) is 6.92 Å². The average molecular weight is 308 g/mol. The first-order chi connectivity index (χ1) is 11.2. The Bertz CT molecular complexity index is 862. The molecule has 2 aromatic carbocycles. The molecule has 5 nitrogen and oxygen atoms in total. The number of aromatic nitrogens is 2. The highest BCUT2D eigenvalue weighted by molar-refractivity contribution is 5.81. The fourth-order valence-electron chi connectivity index (χ4n) is 2.44. The minimum Gasteiger partial charge on any atom is -0.493 e. The van der Waals surface area contributed by atoms with Crippen LogP contribution in [0.15, 0.2) is 42.5 Å². The molecule has 0 radical (unpaired) electrons. The normalized spacial score (nSPS) is 10.5. The number of methoxy groups -OCH3 is 1. The first kappa shape index (κ1) is 15.0. The predicted molar refractivity (Wildman–Crippen MR) is 87.0 cm³/mol. The minimum atomic E-state index is 0.160. The number of nitrogens with zero attached hydrogens (tertiary/aromatic N) is 2. The Kier molecular flexibility index (Phi) is 4.19. The van der Waals surface area contributed by atoms with Gasteiger partial charge in [0.1, 0.15) is 6.61 Å². The molecule has 0 aliphatic carbocycles. The SMILES string of the molecule is COc1cccc(C=O)c1OCc1nc(C)c2ccccc2n1. The van der Waals surface area contributed by atoms with Crippen LogP contribution in [-0.4, -0.2) is 23.4 Å². The van der Waals surface area contributed by atoms with E-state index in [1.54, 1.807) is 18.2 Å². The lowest BCUT2D eigenvalue weighted by Gasteiger charge is -2.12. The summed E-state index contributed by atoms with van der Waals surface area (Å²) in [7, 11) is 1.54. The number of benzene rings is 2. The second-order valence-corrected chi connectivity index (χ2v) is 5.03. The van der Waals surface area contributed by atoms with Crippen molar-refractivity contribution in [2.75, 3.05) is 7.11 Å². The van der Waals surface area contributed by atoms with Gasteiger partial charge in [0.05, 0.1) is 18.2 Å². The summed E-state index contributed by atoms with van der Waals surface area (Å²) in [5, 5.41) is 1.02. The molecule has 1 heterocycles. The zero-order valence-electron chi connectivity index (χ0n) is 12.9. The zero-order valence-corrected chi connectivity index (χ0v) is 12.9. The summed E-state index contributed by atoms with van der Waals surface area (Å²) in [6, 6.07) is 13.0. The highest BCUT2D eigenvalue weighted by atomic mass is 16.5. The summed E-state index contributed by atoms with van der Waals surface area (Å²) >= 11 is 0. The number of para-hydroxylation sites is 2. The fraction of sp³-hybridized carbons (Fsp3) is 0.167. The van der Waals surface area contributed by atoms with Crippen molar-refractivity contribution in [3.05, 3.63) is 59.5 Å². The molecule has 0 N–H and O–H groups in total. The molecule has 1 aromatic heterocycles. The quantitative estimate of drug-likeness (QED) is 0.677. The monoisotopic (exact) mass is 308 g/mol. The lowest BCUT2D eigenvalue weighted by Crippen LogP contribution is -2.05. The van der Waals surface area contributed by atoms with Gasteiger partial charge in [-0.2, -0.15) is 0 Å². The van der Waals surface area contributed by atoms with E-state index >= 15 is 0 Å². The maximum absolute atomic E-state index is 11.2. The Morgan fingerprint density at radius 3 is 2.70 bits per heavy atom. The van der Waals surface area contributed by atoms with Gasteiger partial charge in [0, 0.05) is 11.1 Å². The summed E-state index contributed by atoms with van der Waals surface area (Å²) in [4.78, 5) is 20.1. The lowest BCUT2D eigenvalue weighted by atomic mass is 10.2. The van der Waals surface area contributed by atoms with Crippen molar-refractivity contribution in [3.63, 3.8) is 0 Å². The van der Waals surface area contributed by atoms with Crippen molar-refractivity contribution in [2.45, 2.75) is 13.5 Å². The molecule has 0 aliphatic rings. The Balaban J connectivity index is 1.91. The summed E-state index contributed by atoms with van der Waals surface area (Å²) in [6.07, 6.45) is 0.740. The number of aryl methyl sites for hydroxylation is 1. The minimum absolute atomic E-state index is 0.160. The fourth-order valence-corrected chi connectivity index (χ4v) is 2.44. The number of hydrogen-bond acceptors (Lipinski definition) is 5. The molecule has 0 atom stereocenters. The van der Waals surface area contributed by atoms with E-state index in [9.17, 15) is 4.79 Å². The van der Waals surface area contributed by atoms with Gasteiger partial charge in [-0.1, -0.05) is 24.3 Å². The third-order valence-corrected chi connectivity index (χ3v) is 3.54. The molecule has 3 rings (SSSR count). The van der Waals surface area contributed by atoms with Crippen LogP contribution in [0.2, 0.25) is 0 Å². The van der Waals surface area contributed by atoms with Crippen LogP contribution < -0.4 is 9.47 Å². The molecule has 0 unspecified atom stereocenters. The van der Waals surface area contributed by atoms with E-state index in [0.29, 0.717) is 22.9 Å². The molecule has 0 spiro atoms. The summed E-state index contributed by atoms with van der Waals surface area (Å²) in [5.74, 6) is 1.47. The standard InChI is InChI=1S/C18H16N2O3/c1-12-14-7-3-4-8-15(14)20-17(19-12)11-23-18-13(10-21)6-5-9-16(18)22-2/h3-10H,11H2,1-2H3. The first-order valence-electron chi connectivity index (χ1n) is 7.20. The molecule has 0 saturated heterocycles. The molecule has 0 fully saturated rings. The van der Waals surface area contributed by atoms with E-state index in [2.05, 4.69) is 9.97 Å². The second-order valence-electron chi connectivity index (χ2n) is 5.03. The number of carbonyl (C=O) groups excluding carboxylic acids is 1. The van der Waals surface area contributed by atoms with E-state index in [1.807, 2.05) is 31.2 Å². The van der Waals surface area contributed by atoms with Gasteiger partial charge >= 0.3 is 0 Å². The average Bonchev–Trinajstić information content (AvgIpc) is 2.59. The van der Waals surface area contributed by atoms with Crippen LogP contribution >= 0.6 is 0 Å². The maximum atomic E-state index is 11.2.